The summed E-state index contributed by atoms with van der Waals surface area (Å²) in [6.07, 6.45) is 0. The minimum Gasteiger partial charge on any atom is -0.507 e. The van der Waals surface area contributed by atoms with Crippen LogP contribution in [0.4, 0.5) is 11.4 Å². The van der Waals surface area contributed by atoms with Gasteiger partial charge in [0.15, 0.2) is 0 Å². The monoisotopic (exact) mass is 466 g/mol. The van der Waals surface area contributed by atoms with Gasteiger partial charge in [-0.1, -0.05) is 12.1 Å². The maximum Gasteiger partial charge on any atom is 0.339 e. The Balaban J connectivity index is 1.64. The Labute approximate surface area is 194 Å². The van der Waals surface area contributed by atoms with E-state index < -0.39 is 11.2 Å². The molecule has 0 aliphatic carbocycles. The van der Waals surface area contributed by atoms with E-state index in [1.807, 2.05) is 6.07 Å². The van der Waals surface area contributed by atoms with Gasteiger partial charge < -0.3 is 25.6 Å². The maximum atomic E-state index is 12.6. The van der Waals surface area contributed by atoms with E-state index in [2.05, 4.69) is 10.6 Å². The van der Waals surface area contributed by atoms with Crippen LogP contribution < -0.4 is 15.4 Å². The number of aromatic hydroxyl groups is 1. The molecule has 0 aliphatic heterocycles. The van der Waals surface area contributed by atoms with Crippen LogP contribution in [0.1, 0.15) is 27.6 Å². The second kappa shape index (κ2) is 10.6. The molecule has 3 aromatic carbocycles. The second-order valence-corrected chi connectivity index (χ2v) is 8.41. The number of nitrogens with one attached hydrogen (secondary N) is 2. The van der Waals surface area contributed by atoms with Gasteiger partial charge in [0.2, 0.25) is 5.91 Å². The molecule has 0 radical (unpaired) electrons. The lowest BCUT2D eigenvalue weighted by atomic mass is 10.2. The first kappa shape index (κ1) is 23.7. The molecule has 0 heterocycles. The molecule has 33 heavy (non-hydrogen) atoms. The zero-order valence-electron chi connectivity index (χ0n) is 17.9. The van der Waals surface area contributed by atoms with Crippen LogP contribution >= 0.6 is 11.8 Å². The van der Waals surface area contributed by atoms with E-state index in [1.165, 1.54) is 37.1 Å². The standard InChI is InChI=1S/C24H22N2O6S/c1-14(22(28)25-17-9-10-21(27)20(13-17)24(30)31)33-19-8-4-6-16(12-19)26-23(29)15-5-3-7-18(11-15)32-2/h3-14,27H,1-2H3,(H,25,28)(H,26,29)(H,30,31). The van der Waals surface area contributed by atoms with Crippen molar-refractivity contribution in [1.82, 2.24) is 0 Å². The summed E-state index contributed by atoms with van der Waals surface area (Å²) in [4.78, 5) is 37.0. The molecule has 3 rings (SSSR count). The van der Waals surface area contributed by atoms with Crippen molar-refractivity contribution in [3.05, 3.63) is 77.9 Å². The molecule has 0 aromatic heterocycles. The minimum atomic E-state index is -1.29. The number of carbonyl (C=O) groups excluding carboxylic acids is 2. The number of methoxy groups -OCH3 is 1. The number of rotatable bonds is 8. The molecule has 3 aromatic rings. The van der Waals surface area contributed by atoms with Crippen molar-refractivity contribution in [2.75, 3.05) is 17.7 Å². The van der Waals surface area contributed by atoms with Gasteiger partial charge in [-0.05, 0) is 61.5 Å². The van der Waals surface area contributed by atoms with Gasteiger partial charge in [-0.3, -0.25) is 9.59 Å². The number of ether oxygens (including phenoxy) is 1. The Bertz CT molecular complexity index is 1200. The van der Waals surface area contributed by atoms with E-state index in [-0.39, 0.29) is 28.8 Å². The highest BCUT2D eigenvalue weighted by Crippen LogP contribution is 2.28. The summed E-state index contributed by atoms with van der Waals surface area (Å²) in [5.74, 6) is -1.72. The third kappa shape index (κ3) is 6.27. The number of carboxylic acid groups (broad SMARTS) is 1. The van der Waals surface area contributed by atoms with Crippen LogP contribution in [-0.2, 0) is 4.79 Å². The molecule has 8 nitrogen and oxygen atoms in total. The number of anilines is 2. The number of carboxylic acids is 1. The van der Waals surface area contributed by atoms with Gasteiger partial charge in [-0.25, -0.2) is 4.79 Å². The lowest BCUT2D eigenvalue weighted by molar-refractivity contribution is -0.115. The van der Waals surface area contributed by atoms with Crippen LogP contribution in [0.5, 0.6) is 11.5 Å². The van der Waals surface area contributed by atoms with Gasteiger partial charge in [-0.15, -0.1) is 11.8 Å². The van der Waals surface area contributed by atoms with Gasteiger partial charge >= 0.3 is 5.97 Å². The van der Waals surface area contributed by atoms with E-state index in [1.54, 1.807) is 49.4 Å². The van der Waals surface area contributed by atoms with Crippen molar-refractivity contribution in [1.29, 1.82) is 0 Å². The summed E-state index contributed by atoms with van der Waals surface area (Å²) < 4.78 is 5.14. The number of hydrogen-bond donors (Lipinski definition) is 4. The third-order valence-corrected chi connectivity index (χ3v) is 5.69. The first-order valence-corrected chi connectivity index (χ1v) is 10.7. The third-order valence-electron chi connectivity index (χ3n) is 4.60. The predicted octanol–water partition coefficient (Wildman–Crippen LogP) is 4.47. The maximum absolute atomic E-state index is 12.6. The normalized spacial score (nSPS) is 11.3. The summed E-state index contributed by atoms with van der Waals surface area (Å²) in [6.45, 7) is 1.71. The summed E-state index contributed by atoms with van der Waals surface area (Å²) >= 11 is 1.28. The first-order valence-electron chi connectivity index (χ1n) is 9.86. The van der Waals surface area contributed by atoms with Crippen LogP contribution in [0.2, 0.25) is 0 Å². The fraction of sp³-hybridized carbons (Fsp3) is 0.125. The smallest absolute Gasteiger partial charge is 0.339 e. The van der Waals surface area contributed by atoms with Crippen LogP contribution in [-0.4, -0.2) is 40.4 Å². The predicted molar refractivity (Wildman–Crippen MR) is 126 cm³/mol. The van der Waals surface area contributed by atoms with E-state index in [0.29, 0.717) is 17.0 Å². The zero-order chi connectivity index (χ0) is 24.0. The van der Waals surface area contributed by atoms with Crippen LogP contribution in [0.3, 0.4) is 0 Å². The minimum absolute atomic E-state index is 0.266. The van der Waals surface area contributed by atoms with Crippen LogP contribution in [0.15, 0.2) is 71.6 Å². The molecule has 0 saturated carbocycles. The number of aromatic carboxylic acids is 1. The highest BCUT2D eigenvalue weighted by atomic mass is 32.2. The Morgan fingerprint density at radius 2 is 1.67 bits per heavy atom. The molecule has 0 fully saturated rings. The molecule has 0 bridgehead atoms. The number of benzene rings is 3. The second-order valence-electron chi connectivity index (χ2n) is 7.00. The average Bonchev–Trinajstić information content (AvgIpc) is 2.80. The largest absolute Gasteiger partial charge is 0.507 e. The molecule has 1 unspecified atom stereocenters. The number of carbonyl (C=O) groups is 3. The molecule has 0 spiro atoms. The number of thioether (sulfide) groups is 1. The first-order chi connectivity index (χ1) is 15.8. The summed E-state index contributed by atoms with van der Waals surface area (Å²) in [5.41, 5.74) is 0.995. The van der Waals surface area contributed by atoms with E-state index >= 15 is 0 Å². The van der Waals surface area contributed by atoms with Crippen LogP contribution in [0.25, 0.3) is 0 Å². The van der Waals surface area contributed by atoms with E-state index in [4.69, 9.17) is 9.84 Å². The lowest BCUT2D eigenvalue weighted by Crippen LogP contribution is -2.22. The zero-order valence-corrected chi connectivity index (χ0v) is 18.7. The number of phenols is 1. The van der Waals surface area contributed by atoms with Crippen LogP contribution in [0, 0.1) is 0 Å². The summed E-state index contributed by atoms with van der Waals surface area (Å²) in [5, 5.41) is 23.7. The molecular weight excluding hydrogens is 444 g/mol. The molecule has 170 valence electrons. The van der Waals surface area contributed by atoms with Crippen molar-refractivity contribution >= 4 is 40.9 Å². The molecular formula is C24H22N2O6S. The Morgan fingerprint density at radius 1 is 0.939 bits per heavy atom. The van der Waals surface area contributed by atoms with Crippen molar-refractivity contribution in [3.63, 3.8) is 0 Å². The van der Waals surface area contributed by atoms with Gasteiger partial charge in [0, 0.05) is 21.8 Å². The fourth-order valence-corrected chi connectivity index (χ4v) is 3.83. The molecule has 9 heteroatoms. The van der Waals surface area contributed by atoms with Crippen molar-refractivity contribution in [3.8, 4) is 11.5 Å². The lowest BCUT2D eigenvalue weighted by Gasteiger charge is -2.14. The van der Waals surface area contributed by atoms with E-state index in [0.717, 1.165) is 4.90 Å². The van der Waals surface area contributed by atoms with Crippen molar-refractivity contribution in [2.24, 2.45) is 0 Å². The summed E-state index contributed by atoms with van der Waals surface area (Å²) in [6, 6.07) is 17.7. The summed E-state index contributed by atoms with van der Waals surface area (Å²) in [7, 11) is 1.53. The van der Waals surface area contributed by atoms with Gasteiger partial charge in [0.25, 0.3) is 5.91 Å². The molecule has 1 atom stereocenters. The Kier molecular flexibility index (Phi) is 7.57. The quantitative estimate of drug-likeness (QED) is 0.285. The topological polar surface area (TPSA) is 125 Å². The average molecular weight is 467 g/mol. The molecule has 2 amide bonds. The SMILES string of the molecule is COc1cccc(C(=O)Nc2cccc(SC(C)C(=O)Nc3ccc(O)c(C(=O)O)c3)c2)c1. The van der Waals surface area contributed by atoms with Gasteiger partial charge in [-0.2, -0.15) is 0 Å². The Morgan fingerprint density at radius 3 is 2.39 bits per heavy atom. The molecule has 4 N–H and O–H groups in total. The van der Waals surface area contributed by atoms with Crippen molar-refractivity contribution < 1.29 is 29.3 Å². The highest BCUT2D eigenvalue weighted by Gasteiger charge is 2.17. The Hall–Kier alpha value is -3.98. The number of amides is 2. The molecule has 0 aliphatic rings. The van der Waals surface area contributed by atoms with Crippen molar-refractivity contribution in [2.45, 2.75) is 17.1 Å². The molecule has 0 saturated heterocycles. The van der Waals surface area contributed by atoms with Gasteiger partial charge in [0.05, 0.1) is 12.4 Å². The van der Waals surface area contributed by atoms with E-state index in [9.17, 15) is 19.5 Å². The number of hydrogen-bond acceptors (Lipinski definition) is 6. The fourth-order valence-electron chi connectivity index (χ4n) is 2.90. The highest BCUT2D eigenvalue weighted by molar-refractivity contribution is 8.00. The van der Waals surface area contributed by atoms with Gasteiger partial charge in [0.1, 0.15) is 17.1 Å².